The molecule has 20 heavy (non-hydrogen) atoms. The second kappa shape index (κ2) is 30.5. The summed E-state index contributed by atoms with van der Waals surface area (Å²) in [5.74, 6) is -0.0440. The summed E-state index contributed by atoms with van der Waals surface area (Å²) in [6.45, 7) is 10.1. The minimum atomic E-state index is -0.211. The van der Waals surface area contributed by atoms with Gasteiger partial charge in [0.15, 0.2) is 0 Å². The zero-order valence-electron chi connectivity index (χ0n) is 13.6. The monoisotopic (exact) mass is 291 g/mol. The molecule has 0 unspecified atom stereocenters. The van der Waals surface area contributed by atoms with Gasteiger partial charge in [-0.15, -0.1) is 0 Å². The molecule has 0 radical (unpaired) electrons. The van der Waals surface area contributed by atoms with Crippen LogP contribution in [-0.4, -0.2) is 43.8 Å². The number of nitrogens with zero attached hydrogens (tertiary/aromatic N) is 1. The number of nitriles is 1. The van der Waals surface area contributed by atoms with E-state index in [0.29, 0.717) is 6.61 Å². The molecule has 1 rings (SSSR count). The Kier molecular flexibility index (Phi) is 41.2. The average Bonchev–Trinajstić information content (AvgIpc) is 2.90. The fourth-order valence-electron chi connectivity index (χ4n) is 0.714. The van der Waals surface area contributed by atoms with E-state index in [0.717, 1.165) is 20.3 Å². The van der Waals surface area contributed by atoms with Gasteiger partial charge in [0, 0.05) is 34.2 Å². The highest BCUT2D eigenvalue weighted by Crippen LogP contribution is 1.98. The Hall–Kier alpha value is -1.45. The lowest BCUT2D eigenvalue weighted by atomic mass is 10.4. The normalized spacial score (nSPS) is 10.3. The van der Waals surface area contributed by atoms with Crippen molar-refractivity contribution in [2.45, 2.75) is 47.5 Å². The predicted octanol–water partition coefficient (Wildman–Crippen LogP) is 2.10. The van der Waals surface area contributed by atoms with Crippen LogP contribution in [0.2, 0.25) is 0 Å². The minimum Gasteiger partial charge on any atom is -0.466 e. The highest BCUT2D eigenvalue weighted by molar-refractivity contribution is 5.72. The molecule has 1 aliphatic heterocycles. The first-order chi connectivity index (χ1) is 9.42. The number of carbonyl (C=O) groups is 2. The summed E-state index contributed by atoms with van der Waals surface area (Å²) in [5.41, 5.74) is 0. The molecule has 6 heteroatoms. The average molecular weight is 291 g/mol. The third-order valence-corrected chi connectivity index (χ3v) is 1.17. The quantitative estimate of drug-likeness (QED) is 0.743. The lowest BCUT2D eigenvalue weighted by molar-refractivity contribution is -0.140. The highest BCUT2D eigenvalue weighted by Gasteiger charge is 1.94. The van der Waals surface area contributed by atoms with Crippen LogP contribution in [0.5, 0.6) is 0 Å². The van der Waals surface area contributed by atoms with E-state index in [9.17, 15) is 9.59 Å². The molecular weight excluding hydrogens is 262 g/mol. The molecule has 120 valence electrons. The molecule has 0 saturated carbocycles. The summed E-state index contributed by atoms with van der Waals surface area (Å²) in [6, 6.07) is 1.75. The molecule has 1 aliphatic rings. The van der Waals surface area contributed by atoms with Gasteiger partial charge in [0.05, 0.1) is 12.7 Å². The number of Topliss-reactive ketones (excluding diaryl/α,β-unsaturated/α-hetero) is 1. The topological polar surface area (TPSA) is 96.6 Å². The summed E-state index contributed by atoms with van der Waals surface area (Å²) in [5, 5.41) is 14.3. The van der Waals surface area contributed by atoms with Crippen molar-refractivity contribution in [2.24, 2.45) is 0 Å². The summed E-state index contributed by atoms with van der Waals surface area (Å²) in [7, 11) is 1.00. The second-order valence-electron chi connectivity index (χ2n) is 3.38. The third-order valence-electron chi connectivity index (χ3n) is 1.17. The zero-order valence-corrected chi connectivity index (χ0v) is 13.6. The maximum absolute atomic E-state index is 9.82. The Morgan fingerprint density at radius 2 is 1.50 bits per heavy atom. The van der Waals surface area contributed by atoms with Gasteiger partial charge in [-0.3, -0.25) is 4.79 Å². The van der Waals surface area contributed by atoms with Gasteiger partial charge in [-0.1, -0.05) is 0 Å². The first kappa shape index (κ1) is 27.0. The van der Waals surface area contributed by atoms with Crippen LogP contribution < -0.4 is 0 Å². The van der Waals surface area contributed by atoms with Crippen molar-refractivity contribution in [1.29, 1.82) is 5.26 Å². The molecular formula is C14H29NO5. The summed E-state index contributed by atoms with van der Waals surface area (Å²) in [4.78, 5) is 19.3. The van der Waals surface area contributed by atoms with E-state index in [1.165, 1.54) is 40.5 Å². The van der Waals surface area contributed by atoms with Crippen molar-refractivity contribution in [3.05, 3.63) is 0 Å². The number of esters is 1. The molecule has 0 bridgehead atoms. The van der Waals surface area contributed by atoms with Gasteiger partial charge in [0.25, 0.3) is 0 Å². The van der Waals surface area contributed by atoms with Gasteiger partial charge >= 0.3 is 5.97 Å². The molecule has 0 aromatic rings. The van der Waals surface area contributed by atoms with Crippen LogP contribution in [0, 0.1) is 11.3 Å². The number of aliphatic hydroxyl groups is 1. The van der Waals surface area contributed by atoms with Gasteiger partial charge in [-0.2, -0.15) is 5.26 Å². The molecule has 6 nitrogen and oxygen atoms in total. The Bertz CT molecular complexity index is 221. The van der Waals surface area contributed by atoms with E-state index in [1.54, 1.807) is 13.0 Å². The highest BCUT2D eigenvalue weighted by atomic mass is 16.5. The number of carbonyl (C=O) groups excluding carboxylic acids is 2. The van der Waals surface area contributed by atoms with Crippen molar-refractivity contribution >= 4 is 11.8 Å². The predicted molar refractivity (Wildman–Crippen MR) is 78.1 cm³/mol. The number of hydrogen-bond acceptors (Lipinski definition) is 6. The van der Waals surface area contributed by atoms with E-state index in [2.05, 4.69) is 4.74 Å². The van der Waals surface area contributed by atoms with E-state index >= 15 is 0 Å². The molecule has 1 N–H and O–H groups in total. The van der Waals surface area contributed by atoms with Crippen LogP contribution in [0.1, 0.15) is 47.5 Å². The molecule has 0 aromatic heterocycles. The number of ketones is 1. The van der Waals surface area contributed by atoms with Crippen LogP contribution in [0.3, 0.4) is 0 Å². The standard InChI is InChI=1S/C4H8O2.C4H8O.C3H6O.C2H3N.CH4O/c1-3-6-4(2)5;1-2-4-5-3-1;1-3(2)4;1-2-3;1-2/h3H2,1-2H3;1-4H2;1-2H3;1H3;2H,1H3. The number of rotatable bonds is 1. The molecule has 1 fully saturated rings. The Morgan fingerprint density at radius 1 is 1.20 bits per heavy atom. The molecule has 0 spiro atoms. The van der Waals surface area contributed by atoms with Crippen molar-refractivity contribution in [2.75, 3.05) is 26.9 Å². The van der Waals surface area contributed by atoms with Crippen LogP contribution in [0.25, 0.3) is 0 Å². The summed E-state index contributed by atoms with van der Waals surface area (Å²) < 4.78 is 9.35. The molecule has 0 amide bonds. The van der Waals surface area contributed by atoms with E-state index in [-0.39, 0.29) is 11.8 Å². The maximum Gasteiger partial charge on any atom is 0.302 e. The van der Waals surface area contributed by atoms with Gasteiger partial charge in [0.2, 0.25) is 0 Å². The van der Waals surface area contributed by atoms with E-state index in [1.807, 2.05) is 0 Å². The van der Waals surface area contributed by atoms with Crippen LogP contribution in [0.4, 0.5) is 0 Å². The smallest absolute Gasteiger partial charge is 0.302 e. The summed E-state index contributed by atoms with van der Waals surface area (Å²) >= 11 is 0. The molecule has 0 aromatic carbocycles. The maximum atomic E-state index is 9.82. The van der Waals surface area contributed by atoms with E-state index < -0.39 is 0 Å². The van der Waals surface area contributed by atoms with Crippen molar-refractivity contribution in [3.8, 4) is 6.07 Å². The Labute approximate surface area is 122 Å². The van der Waals surface area contributed by atoms with Crippen molar-refractivity contribution < 1.29 is 24.2 Å². The second-order valence-corrected chi connectivity index (χ2v) is 3.38. The van der Waals surface area contributed by atoms with Gasteiger partial charge < -0.3 is 19.4 Å². The Balaban J connectivity index is -0.0000000841. The first-order valence-corrected chi connectivity index (χ1v) is 6.36. The molecule has 1 saturated heterocycles. The van der Waals surface area contributed by atoms with Crippen molar-refractivity contribution in [3.63, 3.8) is 0 Å². The van der Waals surface area contributed by atoms with Gasteiger partial charge in [-0.05, 0) is 33.6 Å². The van der Waals surface area contributed by atoms with Gasteiger partial charge in [-0.25, -0.2) is 0 Å². The third kappa shape index (κ3) is 93.3. The summed E-state index contributed by atoms with van der Waals surface area (Å²) in [6.07, 6.45) is 2.56. The number of aliphatic hydroxyl groups excluding tert-OH is 1. The lowest BCUT2D eigenvalue weighted by Crippen LogP contribution is -1.95. The van der Waals surface area contributed by atoms with E-state index in [4.69, 9.17) is 15.1 Å². The lowest BCUT2D eigenvalue weighted by Gasteiger charge is -1.89. The SMILES string of the molecule is C1CCOC1.CC#N.CC(C)=O.CCOC(C)=O.CO. The molecule has 0 atom stereocenters. The number of hydrogen-bond donors (Lipinski definition) is 1. The molecule has 1 heterocycles. The Morgan fingerprint density at radius 3 is 1.55 bits per heavy atom. The van der Waals surface area contributed by atoms with Crippen molar-refractivity contribution in [1.82, 2.24) is 0 Å². The number of ether oxygens (including phenoxy) is 2. The zero-order chi connectivity index (χ0) is 16.8. The fourth-order valence-corrected chi connectivity index (χ4v) is 0.714. The van der Waals surface area contributed by atoms with Crippen LogP contribution >= 0.6 is 0 Å². The van der Waals surface area contributed by atoms with Gasteiger partial charge in [0.1, 0.15) is 5.78 Å². The largest absolute Gasteiger partial charge is 0.466 e. The van der Waals surface area contributed by atoms with Crippen LogP contribution in [-0.2, 0) is 19.1 Å². The molecule has 0 aliphatic carbocycles. The first-order valence-electron chi connectivity index (χ1n) is 6.36. The minimum absolute atomic E-state index is 0.167. The fraction of sp³-hybridized carbons (Fsp3) is 0.786. The van der Waals surface area contributed by atoms with Crippen LogP contribution in [0.15, 0.2) is 0 Å².